The second-order valence-electron chi connectivity index (χ2n) is 5.55. The van der Waals surface area contributed by atoms with Gasteiger partial charge in [0.25, 0.3) is 0 Å². The summed E-state index contributed by atoms with van der Waals surface area (Å²) in [6.45, 7) is 10.6. The molecule has 110 valence electrons. The smallest absolute Gasteiger partial charge is 0.239 e. The van der Waals surface area contributed by atoms with E-state index in [1.807, 2.05) is 0 Å². The zero-order valence-electron chi connectivity index (χ0n) is 12.2. The van der Waals surface area contributed by atoms with Crippen molar-refractivity contribution in [3.8, 4) is 0 Å². The van der Waals surface area contributed by atoms with E-state index in [0.29, 0.717) is 6.04 Å². The molecule has 0 bridgehead atoms. The maximum atomic E-state index is 12.4. The summed E-state index contributed by atoms with van der Waals surface area (Å²) in [7, 11) is 0. The van der Waals surface area contributed by atoms with Gasteiger partial charge < -0.3 is 15.0 Å². The molecule has 1 amide bonds. The molecule has 0 aromatic carbocycles. The predicted octanol–water partition coefficient (Wildman–Crippen LogP) is 0.308. The third-order valence-corrected chi connectivity index (χ3v) is 4.08. The molecule has 0 radical (unpaired) electrons. The second-order valence-corrected chi connectivity index (χ2v) is 5.55. The van der Waals surface area contributed by atoms with Gasteiger partial charge in [-0.05, 0) is 26.3 Å². The lowest BCUT2D eigenvalue weighted by molar-refractivity contribution is -0.138. The van der Waals surface area contributed by atoms with Crippen LogP contribution in [0.2, 0.25) is 0 Å². The fraction of sp³-hybridized carbons (Fsp3) is 0.929. The summed E-state index contributed by atoms with van der Waals surface area (Å²) in [6, 6.07) is 0.331. The number of hydrogen-bond donors (Lipinski definition) is 1. The fourth-order valence-electron chi connectivity index (χ4n) is 3.03. The molecule has 2 fully saturated rings. The standard InChI is InChI=1S/C14H27N3O2/c1-3-15-13-5-4-6-17(14(13)18)12(2)11-16-7-9-19-10-8-16/h12-13,15H,3-11H2,1-2H3. The number of amides is 1. The molecular weight excluding hydrogens is 242 g/mol. The first-order valence-electron chi connectivity index (χ1n) is 7.56. The lowest BCUT2D eigenvalue weighted by atomic mass is 10.0. The summed E-state index contributed by atoms with van der Waals surface area (Å²) in [6.07, 6.45) is 2.09. The number of carbonyl (C=O) groups excluding carboxylic acids is 1. The molecule has 2 aliphatic rings. The summed E-state index contributed by atoms with van der Waals surface area (Å²) in [5, 5.41) is 3.30. The third-order valence-electron chi connectivity index (χ3n) is 4.08. The van der Waals surface area contributed by atoms with Crippen LogP contribution in [0.1, 0.15) is 26.7 Å². The zero-order valence-corrected chi connectivity index (χ0v) is 12.2. The van der Waals surface area contributed by atoms with E-state index in [0.717, 1.165) is 58.8 Å². The first kappa shape index (κ1) is 14.8. The van der Waals surface area contributed by atoms with Crippen molar-refractivity contribution in [3.63, 3.8) is 0 Å². The average molecular weight is 269 g/mol. The summed E-state index contributed by atoms with van der Waals surface area (Å²) in [5.41, 5.74) is 0. The van der Waals surface area contributed by atoms with Gasteiger partial charge in [0, 0.05) is 32.2 Å². The minimum atomic E-state index is 0.0332. The lowest BCUT2D eigenvalue weighted by Crippen LogP contribution is -2.56. The predicted molar refractivity (Wildman–Crippen MR) is 75.1 cm³/mol. The largest absolute Gasteiger partial charge is 0.379 e. The van der Waals surface area contributed by atoms with Gasteiger partial charge in [-0.25, -0.2) is 0 Å². The molecule has 2 saturated heterocycles. The molecule has 0 saturated carbocycles. The van der Waals surface area contributed by atoms with Gasteiger partial charge in [0.2, 0.25) is 5.91 Å². The van der Waals surface area contributed by atoms with E-state index in [-0.39, 0.29) is 11.9 Å². The van der Waals surface area contributed by atoms with Gasteiger partial charge in [0.1, 0.15) is 0 Å². The minimum Gasteiger partial charge on any atom is -0.379 e. The molecule has 2 atom stereocenters. The van der Waals surface area contributed by atoms with E-state index < -0.39 is 0 Å². The molecule has 1 N–H and O–H groups in total. The van der Waals surface area contributed by atoms with Crippen LogP contribution in [0.3, 0.4) is 0 Å². The molecule has 2 aliphatic heterocycles. The van der Waals surface area contributed by atoms with Crippen LogP contribution in [0.25, 0.3) is 0 Å². The van der Waals surface area contributed by atoms with E-state index in [1.54, 1.807) is 0 Å². The number of likely N-dealkylation sites (tertiary alicyclic amines) is 1. The highest BCUT2D eigenvalue weighted by Gasteiger charge is 2.31. The molecular formula is C14H27N3O2. The molecule has 5 nitrogen and oxygen atoms in total. The van der Waals surface area contributed by atoms with E-state index in [4.69, 9.17) is 4.74 Å². The van der Waals surface area contributed by atoms with Gasteiger partial charge >= 0.3 is 0 Å². The molecule has 0 aromatic heterocycles. The molecule has 19 heavy (non-hydrogen) atoms. The van der Waals surface area contributed by atoms with Gasteiger partial charge in [0.05, 0.1) is 19.3 Å². The number of nitrogens with zero attached hydrogens (tertiary/aromatic N) is 2. The van der Waals surface area contributed by atoms with Crippen LogP contribution < -0.4 is 5.32 Å². The third kappa shape index (κ3) is 3.91. The Kier molecular flexibility index (Phi) is 5.60. The lowest BCUT2D eigenvalue weighted by Gasteiger charge is -2.39. The number of nitrogens with one attached hydrogen (secondary N) is 1. The Balaban J connectivity index is 1.86. The molecule has 2 unspecified atom stereocenters. The van der Waals surface area contributed by atoms with Gasteiger partial charge in [-0.2, -0.15) is 0 Å². The summed E-state index contributed by atoms with van der Waals surface area (Å²) in [5.74, 6) is 0.286. The van der Waals surface area contributed by atoms with Crippen LogP contribution in [0.15, 0.2) is 0 Å². The average Bonchev–Trinajstić information content (AvgIpc) is 2.42. The molecule has 0 aliphatic carbocycles. The van der Waals surface area contributed by atoms with Crippen molar-refractivity contribution in [3.05, 3.63) is 0 Å². The number of morpholine rings is 1. The van der Waals surface area contributed by atoms with Crippen molar-refractivity contribution >= 4 is 5.91 Å². The van der Waals surface area contributed by atoms with Gasteiger partial charge in [-0.1, -0.05) is 6.92 Å². The SMILES string of the molecule is CCNC1CCCN(C(C)CN2CCOCC2)C1=O. The highest BCUT2D eigenvalue weighted by Crippen LogP contribution is 2.15. The number of hydrogen-bond acceptors (Lipinski definition) is 4. The maximum Gasteiger partial charge on any atom is 0.239 e. The molecule has 2 rings (SSSR count). The van der Waals surface area contributed by atoms with E-state index >= 15 is 0 Å². The summed E-state index contributed by atoms with van der Waals surface area (Å²) >= 11 is 0. The Morgan fingerprint density at radius 3 is 2.79 bits per heavy atom. The second kappa shape index (κ2) is 7.22. The summed E-state index contributed by atoms with van der Waals surface area (Å²) in [4.78, 5) is 16.9. The molecule has 0 spiro atoms. The van der Waals surface area contributed by atoms with Crippen LogP contribution in [0.4, 0.5) is 0 Å². The van der Waals surface area contributed by atoms with E-state index in [2.05, 4.69) is 29.0 Å². The number of ether oxygens (including phenoxy) is 1. The fourth-order valence-corrected chi connectivity index (χ4v) is 3.03. The van der Waals surface area contributed by atoms with Gasteiger partial charge in [-0.3, -0.25) is 9.69 Å². The molecule has 5 heteroatoms. The van der Waals surface area contributed by atoms with E-state index in [1.165, 1.54) is 0 Å². The summed E-state index contributed by atoms with van der Waals surface area (Å²) < 4.78 is 5.36. The van der Waals surface area contributed by atoms with Crippen molar-refractivity contribution in [2.75, 3.05) is 45.9 Å². The Bertz CT molecular complexity index is 290. The van der Waals surface area contributed by atoms with Crippen molar-refractivity contribution in [1.82, 2.24) is 15.1 Å². The van der Waals surface area contributed by atoms with Crippen molar-refractivity contribution in [1.29, 1.82) is 0 Å². The van der Waals surface area contributed by atoms with Crippen molar-refractivity contribution in [2.45, 2.75) is 38.8 Å². The van der Waals surface area contributed by atoms with Crippen LogP contribution in [0, 0.1) is 0 Å². The highest BCUT2D eigenvalue weighted by atomic mass is 16.5. The topological polar surface area (TPSA) is 44.8 Å². The monoisotopic (exact) mass is 269 g/mol. The Labute approximate surface area is 116 Å². The molecule has 0 aromatic rings. The van der Waals surface area contributed by atoms with Crippen molar-refractivity contribution < 1.29 is 9.53 Å². The Morgan fingerprint density at radius 1 is 1.37 bits per heavy atom. The maximum absolute atomic E-state index is 12.4. The number of rotatable bonds is 5. The van der Waals surface area contributed by atoms with E-state index in [9.17, 15) is 4.79 Å². The van der Waals surface area contributed by atoms with Crippen LogP contribution in [-0.2, 0) is 9.53 Å². The number of likely N-dealkylation sites (N-methyl/N-ethyl adjacent to an activating group) is 1. The Morgan fingerprint density at radius 2 is 2.11 bits per heavy atom. The minimum absolute atomic E-state index is 0.0332. The molecule has 2 heterocycles. The van der Waals surface area contributed by atoms with Crippen LogP contribution in [-0.4, -0.2) is 73.7 Å². The quantitative estimate of drug-likeness (QED) is 0.780. The zero-order chi connectivity index (χ0) is 13.7. The van der Waals surface area contributed by atoms with Crippen LogP contribution in [0.5, 0.6) is 0 Å². The first-order chi connectivity index (χ1) is 9.22. The normalized spacial score (nSPS) is 27.6. The number of piperidine rings is 1. The number of carbonyl (C=O) groups is 1. The Hall–Kier alpha value is -0.650. The van der Waals surface area contributed by atoms with Gasteiger partial charge in [-0.15, -0.1) is 0 Å². The van der Waals surface area contributed by atoms with Crippen molar-refractivity contribution in [2.24, 2.45) is 0 Å². The highest BCUT2D eigenvalue weighted by molar-refractivity contribution is 5.82. The van der Waals surface area contributed by atoms with Crippen LogP contribution >= 0.6 is 0 Å². The van der Waals surface area contributed by atoms with Gasteiger partial charge in [0.15, 0.2) is 0 Å². The first-order valence-corrected chi connectivity index (χ1v) is 7.56.